The average molecular weight is 364 g/mol. The molecule has 1 aromatic carbocycles. The number of hydrogen-bond acceptors (Lipinski definition) is 5. The maximum atomic E-state index is 12.9. The molecule has 25 heavy (non-hydrogen) atoms. The molecule has 1 saturated heterocycles. The van der Waals surface area contributed by atoms with Crippen molar-refractivity contribution in [2.24, 2.45) is 5.92 Å². The number of carbonyl (C=O) groups is 3. The van der Waals surface area contributed by atoms with Crippen LogP contribution in [0, 0.1) is 5.92 Å². The van der Waals surface area contributed by atoms with Gasteiger partial charge in [-0.1, -0.05) is 11.8 Å². The highest BCUT2D eigenvalue weighted by Crippen LogP contribution is 2.29. The van der Waals surface area contributed by atoms with E-state index in [0.29, 0.717) is 17.2 Å². The van der Waals surface area contributed by atoms with Crippen LogP contribution in [0.4, 0.5) is 5.69 Å². The van der Waals surface area contributed by atoms with Crippen molar-refractivity contribution >= 4 is 34.4 Å². The van der Waals surface area contributed by atoms with E-state index in [0.717, 1.165) is 0 Å². The molecule has 136 valence electrons. The predicted octanol–water partition coefficient (Wildman–Crippen LogP) is 2.22. The summed E-state index contributed by atoms with van der Waals surface area (Å²) in [6.07, 6.45) is 0.219. The minimum atomic E-state index is -0.387. The summed E-state index contributed by atoms with van der Waals surface area (Å²) in [6, 6.07) is 6.97. The largest absolute Gasteiger partial charge is 0.497 e. The minimum absolute atomic E-state index is 0.0205. The first-order valence-electron chi connectivity index (χ1n) is 8.11. The summed E-state index contributed by atoms with van der Waals surface area (Å²) in [4.78, 5) is 38.2. The van der Waals surface area contributed by atoms with Gasteiger partial charge in [0.1, 0.15) is 12.3 Å². The Morgan fingerprint density at radius 3 is 2.40 bits per heavy atom. The van der Waals surface area contributed by atoms with Gasteiger partial charge in [-0.3, -0.25) is 14.4 Å². The van der Waals surface area contributed by atoms with Gasteiger partial charge in [0.05, 0.1) is 13.0 Å². The SMILES string of the molecule is COc1ccc(N(CC(=O)NC(C)(C)C)C(=O)C2CSC(=O)C2)cc1. The molecule has 1 aliphatic rings. The lowest BCUT2D eigenvalue weighted by atomic mass is 10.1. The maximum Gasteiger partial charge on any atom is 0.240 e. The predicted molar refractivity (Wildman–Crippen MR) is 98.8 cm³/mol. The lowest BCUT2D eigenvalue weighted by molar-refractivity contribution is -0.126. The van der Waals surface area contributed by atoms with E-state index < -0.39 is 0 Å². The van der Waals surface area contributed by atoms with Crippen molar-refractivity contribution in [1.82, 2.24) is 5.32 Å². The number of nitrogens with one attached hydrogen (secondary N) is 1. The van der Waals surface area contributed by atoms with Gasteiger partial charge in [-0.2, -0.15) is 0 Å². The quantitative estimate of drug-likeness (QED) is 0.867. The topological polar surface area (TPSA) is 75.7 Å². The zero-order chi connectivity index (χ0) is 18.6. The second-order valence-electron chi connectivity index (χ2n) is 7.00. The van der Waals surface area contributed by atoms with Gasteiger partial charge in [-0.05, 0) is 45.0 Å². The number of rotatable bonds is 5. The monoisotopic (exact) mass is 364 g/mol. The van der Waals surface area contributed by atoms with Gasteiger partial charge in [0.2, 0.25) is 11.8 Å². The number of benzene rings is 1. The number of anilines is 1. The van der Waals surface area contributed by atoms with Gasteiger partial charge in [0.15, 0.2) is 5.12 Å². The van der Waals surface area contributed by atoms with Crippen LogP contribution in [0.15, 0.2) is 24.3 Å². The van der Waals surface area contributed by atoms with Crippen molar-refractivity contribution in [3.63, 3.8) is 0 Å². The summed E-state index contributed by atoms with van der Waals surface area (Å²) in [5, 5.41) is 2.89. The summed E-state index contributed by atoms with van der Waals surface area (Å²) in [5.74, 6) is 0.302. The van der Waals surface area contributed by atoms with Crippen molar-refractivity contribution in [2.75, 3.05) is 24.3 Å². The number of thioether (sulfide) groups is 1. The van der Waals surface area contributed by atoms with Crippen LogP contribution in [0.2, 0.25) is 0 Å². The Bertz CT molecular complexity index is 652. The number of nitrogens with zero attached hydrogens (tertiary/aromatic N) is 1. The molecule has 0 bridgehead atoms. The lowest BCUT2D eigenvalue weighted by Gasteiger charge is -2.27. The molecule has 1 unspecified atom stereocenters. The molecule has 1 aromatic rings. The molecule has 0 saturated carbocycles. The Kier molecular flexibility index (Phi) is 6.11. The first-order chi connectivity index (χ1) is 11.7. The minimum Gasteiger partial charge on any atom is -0.497 e. The number of carbonyl (C=O) groups excluding carboxylic acids is 3. The van der Waals surface area contributed by atoms with Gasteiger partial charge in [0.25, 0.3) is 0 Å². The van der Waals surface area contributed by atoms with Gasteiger partial charge in [0, 0.05) is 23.4 Å². The molecular formula is C18H24N2O4S. The molecule has 1 atom stereocenters. The highest BCUT2D eigenvalue weighted by atomic mass is 32.2. The zero-order valence-electron chi connectivity index (χ0n) is 15.0. The zero-order valence-corrected chi connectivity index (χ0v) is 15.8. The fourth-order valence-electron chi connectivity index (χ4n) is 2.55. The van der Waals surface area contributed by atoms with E-state index >= 15 is 0 Å². The van der Waals surface area contributed by atoms with E-state index in [4.69, 9.17) is 4.74 Å². The molecule has 1 fully saturated rings. The Labute approximate surface area is 152 Å². The van der Waals surface area contributed by atoms with E-state index in [2.05, 4.69) is 5.32 Å². The van der Waals surface area contributed by atoms with Crippen molar-refractivity contribution in [2.45, 2.75) is 32.7 Å². The number of ether oxygens (including phenoxy) is 1. The molecule has 1 N–H and O–H groups in total. The van der Waals surface area contributed by atoms with Crippen LogP contribution in [0.25, 0.3) is 0 Å². The molecule has 6 nitrogen and oxygen atoms in total. The van der Waals surface area contributed by atoms with E-state index in [1.165, 1.54) is 16.7 Å². The lowest BCUT2D eigenvalue weighted by Crippen LogP contribution is -2.48. The van der Waals surface area contributed by atoms with Crippen molar-refractivity contribution in [3.8, 4) is 5.75 Å². The number of methoxy groups -OCH3 is 1. The number of amides is 2. The van der Waals surface area contributed by atoms with E-state index in [1.54, 1.807) is 31.4 Å². The smallest absolute Gasteiger partial charge is 0.240 e. The Balaban J connectivity index is 2.22. The van der Waals surface area contributed by atoms with Gasteiger partial charge in [-0.15, -0.1) is 0 Å². The summed E-state index contributed by atoms with van der Waals surface area (Å²) >= 11 is 1.17. The van der Waals surface area contributed by atoms with Crippen molar-refractivity contribution in [1.29, 1.82) is 0 Å². The summed E-state index contributed by atoms with van der Waals surface area (Å²) in [7, 11) is 1.57. The fourth-order valence-corrected chi connectivity index (χ4v) is 3.52. The van der Waals surface area contributed by atoms with E-state index in [9.17, 15) is 14.4 Å². The molecule has 7 heteroatoms. The standard InChI is InChI=1S/C18H24N2O4S/c1-18(2,3)19-15(21)10-20(13-5-7-14(24-4)8-6-13)17(23)12-9-16(22)25-11-12/h5-8,12H,9-11H2,1-4H3,(H,19,21). The van der Waals surface area contributed by atoms with Crippen LogP contribution in [-0.4, -0.2) is 41.9 Å². The molecule has 0 spiro atoms. The fraction of sp³-hybridized carbons (Fsp3) is 0.500. The molecule has 2 rings (SSSR count). The third kappa shape index (κ3) is 5.49. The van der Waals surface area contributed by atoms with Gasteiger partial charge >= 0.3 is 0 Å². The molecular weight excluding hydrogens is 340 g/mol. The molecule has 0 aliphatic carbocycles. The summed E-state index contributed by atoms with van der Waals surface area (Å²) < 4.78 is 5.14. The second-order valence-corrected chi connectivity index (χ2v) is 8.08. The number of hydrogen-bond donors (Lipinski definition) is 1. The second kappa shape index (κ2) is 7.91. The highest BCUT2D eigenvalue weighted by Gasteiger charge is 2.34. The summed E-state index contributed by atoms with van der Waals surface area (Å²) in [6.45, 7) is 5.57. The van der Waals surface area contributed by atoms with Crippen LogP contribution < -0.4 is 15.0 Å². The van der Waals surface area contributed by atoms with Crippen molar-refractivity contribution in [3.05, 3.63) is 24.3 Å². The van der Waals surface area contributed by atoms with Crippen LogP contribution in [0.5, 0.6) is 5.75 Å². The van der Waals surface area contributed by atoms with Crippen LogP contribution >= 0.6 is 11.8 Å². The molecule has 0 radical (unpaired) electrons. The maximum absolute atomic E-state index is 12.9. The highest BCUT2D eigenvalue weighted by molar-refractivity contribution is 8.14. The normalized spacial score (nSPS) is 17.3. The third-order valence-electron chi connectivity index (χ3n) is 3.67. The van der Waals surface area contributed by atoms with Gasteiger partial charge in [-0.25, -0.2) is 0 Å². The van der Waals surface area contributed by atoms with Crippen LogP contribution in [0.3, 0.4) is 0 Å². The summed E-state index contributed by atoms with van der Waals surface area (Å²) in [5.41, 5.74) is 0.226. The third-order valence-corrected chi connectivity index (χ3v) is 4.73. The first-order valence-corrected chi connectivity index (χ1v) is 9.10. The first kappa shape index (κ1) is 19.3. The Morgan fingerprint density at radius 1 is 1.28 bits per heavy atom. The molecule has 1 aliphatic heterocycles. The Hall–Kier alpha value is -2.02. The van der Waals surface area contributed by atoms with Crippen molar-refractivity contribution < 1.29 is 19.1 Å². The van der Waals surface area contributed by atoms with Gasteiger partial charge < -0.3 is 15.0 Å². The molecule has 2 amide bonds. The van der Waals surface area contributed by atoms with Crippen LogP contribution in [0.1, 0.15) is 27.2 Å². The average Bonchev–Trinajstić information content (AvgIpc) is 2.97. The molecule has 0 aromatic heterocycles. The van der Waals surface area contributed by atoms with E-state index in [-0.39, 0.29) is 41.4 Å². The molecule has 1 heterocycles. The van der Waals surface area contributed by atoms with Crippen LogP contribution in [-0.2, 0) is 14.4 Å². The van der Waals surface area contributed by atoms with E-state index in [1.807, 2.05) is 20.8 Å². The Morgan fingerprint density at radius 2 is 1.92 bits per heavy atom.